The first-order valence-corrected chi connectivity index (χ1v) is 21.5. The van der Waals surface area contributed by atoms with Gasteiger partial charge in [0.1, 0.15) is 11.5 Å². The minimum atomic E-state index is 0.239. The van der Waals surface area contributed by atoms with Crippen molar-refractivity contribution < 1.29 is 9.47 Å². The molecule has 4 bridgehead atoms. The molecule has 2 nitrogen and oxygen atoms in total. The number of hydrogen-bond acceptors (Lipinski definition) is 2. The van der Waals surface area contributed by atoms with E-state index in [-0.39, 0.29) is 10.8 Å². The van der Waals surface area contributed by atoms with Crippen molar-refractivity contribution in [1.29, 1.82) is 0 Å². The van der Waals surface area contributed by atoms with E-state index in [9.17, 15) is 0 Å². The second-order valence-electron chi connectivity index (χ2n) is 17.0. The fourth-order valence-corrected chi connectivity index (χ4v) is 10.0. The summed E-state index contributed by atoms with van der Waals surface area (Å²) in [6.07, 6.45) is 18.7. The quantitative estimate of drug-likeness (QED) is 0.160. The van der Waals surface area contributed by atoms with Gasteiger partial charge in [-0.2, -0.15) is 0 Å². The number of benzene rings is 4. The molecule has 6 aliphatic carbocycles. The van der Waals surface area contributed by atoms with E-state index in [2.05, 4.69) is 110 Å². The number of ether oxygens (including phenoxy) is 2. The first-order chi connectivity index (χ1) is 26.8. The van der Waals surface area contributed by atoms with Crippen molar-refractivity contribution in [2.45, 2.75) is 135 Å². The second kappa shape index (κ2) is 17.2. The molecular formula is C53H62O2. The van der Waals surface area contributed by atoms with Gasteiger partial charge in [0.25, 0.3) is 0 Å². The van der Waals surface area contributed by atoms with Crippen molar-refractivity contribution in [3.63, 3.8) is 0 Å². The Labute approximate surface area is 332 Å². The van der Waals surface area contributed by atoms with Crippen molar-refractivity contribution in [1.82, 2.24) is 0 Å². The van der Waals surface area contributed by atoms with Crippen LogP contribution in [0, 0.1) is 34.5 Å². The lowest BCUT2D eigenvalue weighted by Crippen LogP contribution is -2.43. The predicted molar refractivity (Wildman–Crippen MR) is 229 cm³/mol. The SMILES string of the molecule is CCCc1ccc(C23CCC(C#Cc4ccc(OCC)cc4)(CC2)CC3)cc1.CCOc1ccc(C#CC23CCC(c4ccc(CC)cc4)(CC2)CC3)cc1. The minimum absolute atomic E-state index is 0.239. The molecule has 0 heterocycles. The number of rotatable bonds is 9. The summed E-state index contributed by atoms with van der Waals surface area (Å²) in [5.74, 6) is 16.2. The Morgan fingerprint density at radius 2 is 0.800 bits per heavy atom. The normalized spacial score (nSPS) is 26.0. The van der Waals surface area contributed by atoms with Crippen LogP contribution >= 0.6 is 0 Å². The Bertz CT molecular complexity index is 1930. The van der Waals surface area contributed by atoms with Crippen LogP contribution in [0.1, 0.15) is 145 Å². The molecule has 286 valence electrons. The zero-order valence-corrected chi connectivity index (χ0v) is 34.1. The van der Waals surface area contributed by atoms with Crippen LogP contribution in [0.15, 0.2) is 97.1 Å². The summed E-state index contributed by atoms with van der Waals surface area (Å²) >= 11 is 0. The van der Waals surface area contributed by atoms with Crippen molar-refractivity contribution in [2.75, 3.05) is 13.2 Å². The van der Waals surface area contributed by atoms with Gasteiger partial charge in [-0.25, -0.2) is 0 Å². The summed E-state index contributed by atoms with van der Waals surface area (Å²) in [6, 6.07) is 35.4. The summed E-state index contributed by atoms with van der Waals surface area (Å²) < 4.78 is 11.1. The van der Waals surface area contributed by atoms with E-state index in [1.165, 1.54) is 101 Å². The molecule has 0 amide bonds. The van der Waals surface area contributed by atoms with Crippen LogP contribution in [-0.4, -0.2) is 13.2 Å². The number of aryl methyl sites for hydroxylation is 2. The summed E-state index contributed by atoms with van der Waals surface area (Å²) in [5, 5.41) is 0. The van der Waals surface area contributed by atoms with Crippen LogP contribution in [0.2, 0.25) is 0 Å². The first kappa shape index (κ1) is 38.9. The van der Waals surface area contributed by atoms with Crippen LogP contribution in [0.5, 0.6) is 11.5 Å². The molecule has 6 saturated carbocycles. The van der Waals surface area contributed by atoms with E-state index in [1.807, 2.05) is 38.1 Å². The molecule has 0 spiro atoms. The summed E-state index contributed by atoms with van der Waals surface area (Å²) in [6.45, 7) is 9.92. The molecule has 55 heavy (non-hydrogen) atoms. The van der Waals surface area contributed by atoms with Crippen molar-refractivity contribution in [2.24, 2.45) is 10.8 Å². The van der Waals surface area contributed by atoms with Gasteiger partial charge in [-0.15, -0.1) is 0 Å². The Hall–Kier alpha value is -4.40. The van der Waals surface area contributed by atoms with E-state index < -0.39 is 0 Å². The van der Waals surface area contributed by atoms with Gasteiger partial charge in [-0.05, 0) is 185 Å². The molecule has 0 aromatic heterocycles. The first-order valence-electron chi connectivity index (χ1n) is 21.5. The van der Waals surface area contributed by atoms with Gasteiger partial charge in [0.05, 0.1) is 13.2 Å². The third-order valence-electron chi connectivity index (χ3n) is 13.8. The highest BCUT2D eigenvalue weighted by atomic mass is 16.5. The maximum absolute atomic E-state index is 5.53. The molecule has 2 heteroatoms. The molecule has 10 rings (SSSR count). The monoisotopic (exact) mass is 730 g/mol. The minimum Gasteiger partial charge on any atom is -0.494 e. The zero-order valence-electron chi connectivity index (χ0n) is 34.1. The lowest BCUT2D eigenvalue weighted by atomic mass is 9.52. The Kier molecular flexibility index (Phi) is 12.1. The van der Waals surface area contributed by atoms with Crippen LogP contribution in [0.25, 0.3) is 0 Å². The fourth-order valence-electron chi connectivity index (χ4n) is 10.0. The van der Waals surface area contributed by atoms with E-state index in [4.69, 9.17) is 9.47 Å². The molecule has 0 unspecified atom stereocenters. The molecule has 6 fully saturated rings. The lowest BCUT2D eigenvalue weighted by molar-refractivity contribution is 0.0865. The van der Waals surface area contributed by atoms with Gasteiger partial charge >= 0.3 is 0 Å². The van der Waals surface area contributed by atoms with E-state index in [0.29, 0.717) is 24.0 Å². The number of hydrogen-bond donors (Lipinski definition) is 0. The highest BCUT2D eigenvalue weighted by molar-refractivity contribution is 5.42. The van der Waals surface area contributed by atoms with Crippen LogP contribution < -0.4 is 9.47 Å². The topological polar surface area (TPSA) is 18.5 Å². The fraction of sp³-hybridized carbons (Fsp3) is 0.472. The van der Waals surface area contributed by atoms with Gasteiger partial charge in [0, 0.05) is 22.0 Å². The Morgan fingerprint density at radius 3 is 1.13 bits per heavy atom. The van der Waals surface area contributed by atoms with Gasteiger partial charge in [0.2, 0.25) is 0 Å². The summed E-state index contributed by atoms with van der Waals surface area (Å²) in [7, 11) is 0. The molecule has 4 aromatic rings. The molecule has 6 aliphatic rings. The number of fused-ring (bicyclic) bond motifs is 6. The van der Waals surface area contributed by atoms with Crippen LogP contribution in [0.4, 0.5) is 0 Å². The van der Waals surface area contributed by atoms with Crippen LogP contribution in [-0.2, 0) is 23.7 Å². The van der Waals surface area contributed by atoms with E-state index >= 15 is 0 Å². The van der Waals surface area contributed by atoms with E-state index in [0.717, 1.165) is 29.0 Å². The predicted octanol–water partition coefficient (Wildman–Crippen LogP) is 13.0. The van der Waals surface area contributed by atoms with Gasteiger partial charge in [-0.1, -0.05) is 92.5 Å². The Morgan fingerprint density at radius 1 is 0.436 bits per heavy atom. The van der Waals surface area contributed by atoms with Crippen LogP contribution in [0.3, 0.4) is 0 Å². The molecule has 4 aromatic carbocycles. The molecule has 0 aliphatic heterocycles. The largest absolute Gasteiger partial charge is 0.494 e. The molecule has 0 radical (unpaired) electrons. The highest BCUT2D eigenvalue weighted by Crippen LogP contribution is 2.58. The maximum Gasteiger partial charge on any atom is 0.119 e. The average molecular weight is 731 g/mol. The maximum atomic E-state index is 5.53. The standard InChI is InChI=1S/C27H32O.C26H30O/c1-3-5-22-6-10-24(11-7-22)27-19-16-26(17-20-27,18-21-27)15-14-23-8-12-25(13-9-23)28-4-2;1-3-21-5-9-23(10-6-21)26-18-15-25(16-19-26,17-20-26)14-13-22-7-11-24(12-8-22)27-4-2/h6-13H,3-5,16-21H2,1-2H3;5-12H,3-4,15-20H2,1-2H3. The molecule has 0 atom stereocenters. The van der Waals surface area contributed by atoms with Crippen molar-refractivity contribution >= 4 is 0 Å². The summed E-state index contributed by atoms with van der Waals surface area (Å²) in [5.41, 5.74) is 9.56. The van der Waals surface area contributed by atoms with Crippen molar-refractivity contribution in [3.8, 4) is 35.2 Å². The molecular weight excluding hydrogens is 669 g/mol. The van der Waals surface area contributed by atoms with Gasteiger partial charge < -0.3 is 9.47 Å². The van der Waals surface area contributed by atoms with E-state index in [1.54, 1.807) is 11.1 Å². The van der Waals surface area contributed by atoms with Gasteiger partial charge in [-0.3, -0.25) is 0 Å². The average Bonchev–Trinajstić information content (AvgIpc) is 3.25. The molecule has 0 saturated heterocycles. The Balaban J connectivity index is 0.000000169. The third-order valence-corrected chi connectivity index (χ3v) is 13.8. The highest BCUT2D eigenvalue weighted by Gasteiger charge is 2.49. The zero-order chi connectivity index (χ0) is 38.2. The smallest absolute Gasteiger partial charge is 0.119 e. The lowest BCUT2D eigenvalue weighted by Gasteiger charge is -2.51. The van der Waals surface area contributed by atoms with Crippen molar-refractivity contribution in [3.05, 3.63) is 130 Å². The summed E-state index contributed by atoms with van der Waals surface area (Å²) in [4.78, 5) is 0. The van der Waals surface area contributed by atoms with Gasteiger partial charge in [0.15, 0.2) is 0 Å². The molecule has 0 N–H and O–H groups in total. The second-order valence-corrected chi connectivity index (χ2v) is 17.0. The third kappa shape index (κ3) is 8.86.